The first-order valence-electron chi connectivity index (χ1n) is 8.66. The van der Waals surface area contributed by atoms with Crippen molar-refractivity contribution in [2.45, 2.75) is 25.9 Å². The lowest BCUT2D eigenvalue weighted by Gasteiger charge is -2.16. The van der Waals surface area contributed by atoms with Crippen LogP contribution >= 0.6 is 0 Å². The zero-order valence-corrected chi connectivity index (χ0v) is 15.5. The molecule has 1 atom stereocenters. The zero-order valence-electron chi connectivity index (χ0n) is 15.5. The van der Waals surface area contributed by atoms with Gasteiger partial charge in [-0.15, -0.1) is 0 Å². The summed E-state index contributed by atoms with van der Waals surface area (Å²) in [5.74, 6) is -0.653. The van der Waals surface area contributed by atoms with Crippen LogP contribution in [0.1, 0.15) is 12.5 Å². The highest BCUT2D eigenvalue weighted by Gasteiger charge is 2.24. The van der Waals surface area contributed by atoms with E-state index in [9.17, 15) is 9.59 Å². The van der Waals surface area contributed by atoms with Gasteiger partial charge in [-0.2, -0.15) is 4.57 Å². The van der Waals surface area contributed by atoms with Gasteiger partial charge in [-0.1, -0.05) is 30.3 Å². The Bertz CT molecular complexity index is 715. The van der Waals surface area contributed by atoms with Crippen molar-refractivity contribution in [3.05, 3.63) is 60.4 Å². The predicted octanol–water partition coefficient (Wildman–Crippen LogP) is 1.33. The molecular weight excluding hydrogens is 330 g/mol. The molecule has 0 spiro atoms. The van der Waals surface area contributed by atoms with E-state index in [-0.39, 0.29) is 19.1 Å². The molecule has 0 aliphatic heterocycles. The lowest BCUT2D eigenvalue weighted by atomic mass is 10.1. The molecular formula is C20H26N3O3+. The zero-order chi connectivity index (χ0) is 18.9. The van der Waals surface area contributed by atoms with Crippen LogP contribution in [0.4, 0.5) is 5.69 Å². The van der Waals surface area contributed by atoms with Crippen molar-refractivity contribution < 1.29 is 18.9 Å². The number of anilines is 1. The van der Waals surface area contributed by atoms with E-state index >= 15 is 0 Å². The van der Waals surface area contributed by atoms with Crippen LogP contribution in [0.25, 0.3) is 0 Å². The molecule has 0 saturated heterocycles. The van der Waals surface area contributed by atoms with Crippen LogP contribution in [-0.4, -0.2) is 38.6 Å². The third-order valence-electron chi connectivity index (χ3n) is 3.91. The summed E-state index contributed by atoms with van der Waals surface area (Å²) < 4.78 is 6.87. The average Bonchev–Trinajstić information content (AvgIpc) is 2.62. The fourth-order valence-electron chi connectivity index (χ4n) is 2.54. The SMILES string of the molecule is CCOC(=O)[C@H](Cc1ccccc1)NC(=O)C[n+]1ccc(N(C)C)cc1. The maximum Gasteiger partial charge on any atom is 0.328 e. The Morgan fingerprint density at radius 3 is 2.35 bits per heavy atom. The summed E-state index contributed by atoms with van der Waals surface area (Å²) in [5.41, 5.74) is 2.02. The first-order chi connectivity index (χ1) is 12.5. The number of carbonyl (C=O) groups excluding carboxylic acids is 2. The molecule has 1 amide bonds. The number of rotatable bonds is 8. The minimum Gasteiger partial charge on any atom is -0.464 e. The van der Waals surface area contributed by atoms with Gasteiger partial charge >= 0.3 is 5.97 Å². The third kappa shape index (κ3) is 5.88. The number of pyridine rings is 1. The highest BCUT2D eigenvalue weighted by atomic mass is 16.5. The van der Waals surface area contributed by atoms with Crippen molar-refractivity contribution in [1.29, 1.82) is 0 Å². The van der Waals surface area contributed by atoms with E-state index in [0.717, 1.165) is 11.3 Å². The Balaban J connectivity index is 2.01. The monoisotopic (exact) mass is 356 g/mol. The van der Waals surface area contributed by atoms with Crippen molar-refractivity contribution in [3.63, 3.8) is 0 Å². The van der Waals surface area contributed by atoms with Gasteiger partial charge in [-0.3, -0.25) is 4.79 Å². The summed E-state index contributed by atoms with van der Waals surface area (Å²) in [5, 5.41) is 2.79. The second-order valence-corrected chi connectivity index (χ2v) is 6.18. The van der Waals surface area contributed by atoms with Crippen molar-refractivity contribution >= 4 is 17.6 Å². The lowest BCUT2D eigenvalue weighted by Crippen LogP contribution is -2.49. The Morgan fingerprint density at radius 1 is 1.12 bits per heavy atom. The van der Waals surface area contributed by atoms with Crippen molar-refractivity contribution in [3.8, 4) is 0 Å². The van der Waals surface area contributed by atoms with Gasteiger partial charge in [0.15, 0.2) is 12.4 Å². The Morgan fingerprint density at radius 2 is 1.77 bits per heavy atom. The van der Waals surface area contributed by atoms with E-state index in [0.29, 0.717) is 6.42 Å². The number of amides is 1. The van der Waals surface area contributed by atoms with Gasteiger partial charge in [-0.05, 0) is 12.5 Å². The van der Waals surface area contributed by atoms with E-state index in [1.54, 1.807) is 11.5 Å². The van der Waals surface area contributed by atoms with Crippen molar-refractivity contribution in [2.75, 3.05) is 25.6 Å². The van der Waals surface area contributed by atoms with Gasteiger partial charge in [0.25, 0.3) is 5.91 Å². The Kier molecular flexibility index (Phi) is 7.14. The average molecular weight is 356 g/mol. The molecule has 1 N–H and O–H groups in total. The number of aromatic nitrogens is 1. The van der Waals surface area contributed by atoms with Gasteiger partial charge in [0.1, 0.15) is 6.04 Å². The second-order valence-electron chi connectivity index (χ2n) is 6.18. The minimum atomic E-state index is -0.702. The largest absolute Gasteiger partial charge is 0.464 e. The molecule has 2 rings (SSSR count). The molecule has 138 valence electrons. The molecule has 0 radical (unpaired) electrons. The quantitative estimate of drug-likeness (QED) is 0.573. The summed E-state index contributed by atoms with van der Waals surface area (Å²) in [6.45, 7) is 2.17. The van der Waals surface area contributed by atoms with Gasteiger partial charge < -0.3 is 15.0 Å². The summed E-state index contributed by atoms with van der Waals surface area (Å²) in [6.07, 6.45) is 4.08. The first kappa shape index (κ1) is 19.4. The first-order valence-corrected chi connectivity index (χ1v) is 8.66. The van der Waals surface area contributed by atoms with Crippen LogP contribution in [0.15, 0.2) is 54.9 Å². The molecule has 0 aliphatic carbocycles. The maximum atomic E-state index is 12.4. The molecule has 6 nitrogen and oxygen atoms in total. The van der Waals surface area contributed by atoms with Gasteiger partial charge in [0.2, 0.25) is 6.54 Å². The molecule has 0 fully saturated rings. The number of hydrogen-bond acceptors (Lipinski definition) is 4. The van der Waals surface area contributed by atoms with Crippen molar-refractivity contribution in [1.82, 2.24) is 5.32 Å². The van der Waals surface area contributed by atoms with E-state index in [4.69, 9.17) is 4.74 Å². The van der Waals surface area contributed by atoms with Crippen LogP contribution in [0, 0.1) is 0 Å². The predicted molar refractivity (Wildman–Crippen MR) is 99.7 cm³/mol. The summed E-state index contributed by atoms with van der Waals surface area (Å²) in [4.78, 5) is 26.6. The number of ether oxygens (including phenoxy) is 1. The molecule has 0 aliphatic rings. The number of esters is 1. The van der Waals surface area contributed by atoms with E-state index < -0.39 is 12.0 Å². The molecule has 1 aromatic carbocycles. The highest BCUT2D eigenvalue weighted by Crippen LogP contribution is 2.06. The standard InChI is InChI=1S/C20H25N3O3/c1-4-26-20(25)18(14-16-8-6-5-7-9-16)21-19(24)15-23-12-10-17(11-13-23)22(2)3/h5-13,18H,4,14-15H2,1-3H3/p+1/t18-/m0/s1. The normalized spacial score (nSPS) is 11.5. The molecule has 1 heterocycles. The summed E-state index contributed by atoms with van der Waals surface area (Å²) in [6, 6.07) is 12.7. The molecule has 2 aromatic rings. The van der Waals surface area contributed by atoms with Crippen LogP contribution in [-0.2, 0) is 27.3 Å². The Hall–Kier alpha value is -2.89. The molecule has 0 unspecified atom stereocenters. The van der Waals surface area contributed by atoms with Crippen LogP contribution < -0.4 is 14.8 Å². The van der Waals surface area contributed by atoms with Gasteiger partial charge in [0, 0.05) is 38.3 Å². The van der Waals surface area contributed by atoms with E-state index in [1.165, 1.54) is 0 Å². The molecule has 0 bridgehead atoms. The third-order valence-corrected chi connectivity index (χ3v) is 3.91. The topological polar surface area (TPSA) is 62.5 Å². The number of nitrogens with one attached hydrogen (secondary N) is 1. The van der Waals surface area contributed by atoms with Gasteiger partial charge in [-0.25, -0.2) is 4.79 Å². The summed E-state index contributed by atoms with van der Waals surface area (Å²) in [7, 11) is 3.92. The van der Waals surface area contributed by atoms with E-state index in [1.807, 2.05) is 73.9 Å². The molecule has 0 saturated carbocycles. The fourth-order valence-corrected chi connectivity index (χ4v) is 2.54. The highest BCUT2D eigenvalue weighted by molar-refractivity contribution is 5.84. The number of nitrogens with zero attached hydrogens (tertiary/aromatic N) is 2. The van der Waals surface area contributed by atoms with Crippen LogP contribution in [0.2, 0.25) is 0 Å². The van der Waals surface area contributed by atoms with E-state index in [2.05, 4.69) is 5.32 Å². The summed E-state index contributed by atoms with van der Waals surface area (Å²) >= 11 is 0. The smallest absolute Gasteiger partial charge is 0.328 e. The lowest BCUT2D eigenvalue weighted by molar-refractivity contribution is -0.684. The van der Waals surface area contributed by atoms with Crippen LogP contribution in [0.5, 0.6) is 0 Å². The maximum absolute atomic E-state index is 12.4. The van der Waals surface area contributed by atoms with Crippen molar-refractivity contribution in [2.24, 2.45) is 0 Å². The number of hydrogen-bond donors (Lipinski definition) is 1. The number of carbonyl (C=O) groups is 2. The Labute approximate surface area is 154 Å². The second kappa shape index (κ2) is 9.56. The fraction of sp³-hybridized carbons (Fsp3) is 0.350. The van der Waals surface area contributed by atoms with Gasteiger partial charge in [0.05, 0.1) is 6.61 Å². The molecule has 6 heteroatoms. The molecule has 26 heavy (non-hydrogen) atoms. The minimum absolute atomic E-state index is 0.137. The number of benzene rings is 1. The van der Waals surface area contributed by atoms with Crippen LogP contribution in [0.3, 0.4) is 0 Å². The molecule has 1 aromatic heterocycles.